The van der Waals surface area contributed by atoms with Gasteiger partial charge in [0.2, 0.25) is 0 Å². The van der Waals surface area contributed by atoms with Crippen LogP contribution in [0.15, 0.2) is 103 Å². The van der Waals surface area contributed by atoms with Gasteiger partial charge in [-0.3, -0.25) is 4.48 Å². The fourth-order valence-corrected chi connectivity index (χ4v) is 3.49. The molecule has 0 radical (unpaired) electrons. The Labute approximate surface area is 191 Å². The van der Waals surface area contributed by atoms with E-state index < -0.39 is 0 Å². The third-order valence-electron chi connectivity index (χ3n) is 5.12. The first-order valence-corrected chi connectivity index (χ1v) is 9.69. The fraction of sp³-hybridized carbons (Fsp3) is 0.111. The van der Waals surface area contributed by atoms with Crippen molar-refractivity contribution in [3.8, 4) is 33.4 Å². The van der Waals surface area contributed by atoms with E-state index in [0.29, 0.717) is 0 Å². The highest BCUT2D eigenvalue weighted by Gasteiger charge is 2.13. The maximum atomic E-state index is 2.29. The molecule has 4 rings (SSSR count). The predicted octanol–water partition coefficient (Wildman–Crippen LogP) is 3.89. The third-order valence-corrected chi connectivity index (χ3v) is 5.12. The monoisotopic (exact) mass is 491 g/mol. The summed E-state index contributed by atoms with van der Waals surface area (Å²) >= 11 is 0. The van der Waals surface area contributed by atoms with Crippen LogP contribution in [0.2, 0.25) is 0 Å². The van der Waals surface area contributed by atoms with Gasteiger partial charge in [-0.2, -0.15) is 0 Å². The van der Waals surface area contributed by atoms with E-state index in [4.69, 9.17) is 0 Å². The van der Waals surface area contributed by atoms with Crippen molar-refractivity contribution >= 4 is 5.69 Å². The molecule has 0 saturated heterocycles. The Hall–Kier alpha value is -2.43. The molecule has 0 atom stereocenters. The zero-order valence-electron chi connectivity index (χ0n) is 17.1. The van der Waals surface area contributed by atoms with E-state index in [1.165, 1.54) is 39.1 Å². The average Bonchev–Trinajstić information content (AvgIpc) is 2.74. The predicted molar refractivity (Wildman–Crippen MR) is 122 cm³/mol. The summed E-state index contributed by atoms with van der Waals surface area (Å²) in [5.41, 5.74) is 8.78. The molecule has 4 aromatic carbocycles. The quantitative estimate of drug-likeness (QED) is 0.300. The van der Waals surface area contributed by atoms with Crippen LogP contribution < -0.4 is 28.5 Å². The number of benzene rings is 4. The van der Waals surface area contributed by atoms with Gasteiger partial charge in [0.05, 0.1) is 21.1 Å². The molecular weight excluding hydrogens is 465 g/mol. The largest absolute Gasteiger partial charge is 1.00 e. The summed E-state index contributed by atoms with van der Waals surface area (Å²) in [6.07, 6.45) is 0. The lowest BCUT2D eigenvalue weighted by molar-refractivity contribution is -0.00000569. The maximum absolute atomic E-state index is 2.29. The Morgan fingerprint density at radius 3 is 1.28 bits per heavy atom. The maximum Gasteiger partial charge on any atom is 0.132 e. The molecule has 29 heavy (non-hydrogen) atoms. The average molecular weight is 491 g/mol. The molecular formula is C27H26IN. The number of nitrogens with zero attached hydrogens (tertiary/aromatic N) is 1. The summed E-state index contributed by atoms with van der Waals surface area (Å²) in [6.45, 7) is 0. The molecule has 146 valence electrons. The van der Waals surface area contributed by atoms with E-state index in [1.54, 1.807) is 0 Å². The topological polar surface area (TPSA) is 0 Å². The van der Waals surface area contributed by atoms with Crippen molar-refractivity contribution in [1.29, 1.82) is 0 Å². The Kier molecular flexibility index (Phi) is 6.56. The Balaban J connectivity index is 0.00000240. The molecule has 0 N–H and O–H groups in total. The third kappa shape index (κ3) is 4.95. The molecule has 4 aromatic rings. The molecule has 0 bridgehead atoms. The second-order valence-electron chi connectivity index (χ2n) is 8.09. The first-order chi connectivity index (χ1) is 13.5. The van der Waals surface area contributed by atoms with Crippen LogP contribution in [0.1, 0.15) is 0 Å². The minimum atomic E-state index is 0. The van der Waals surface area contributed by atoms with E-state index in [-0.39, 0.29) is 24.0 Å². The molecule has 0 aromatic heterocycles. The lowest BCUT2D eigenvalue weighted by Crippen LogP contribution is -3.00. The van der Waals surface area contributed by atoms with Crippen molar-refractivity contribution in [2.24, 2.45) is 0 Å². The number of hydrogen-bond acceptors (Lipinski definition) is 0. The van der Waals surface area contributed by atoms with Gasteiger partial charge in [0.25, 0.3) is 0 Å². The van der Waals surface area contributed by atoms with Crippen LogP contribution in [0, 0.1) is 0 Å². The SMILES string of the molecule is C[N+](C)(C)c1cccc(-c2cccc(-c3cccc(-c4ccccc4)c3)c2)c1.[I-]. The molecule has 0 aliphatic rings. The number of hydrogen-bond donors (Lipinski definition) is 0. The summed E-state index contributed by atoms with van der Waals surface area (Å²) in [5.74, 6) is 0. The van der Waals surface area contributed by atoms with Gasteiger partial charge in [-0.25, -0.2) is 0 Å². The van der Waals surface area contributed by atoms with Gasteiger partial charge >= 0.3 is 0 Å². The smallest absolute Gasteiger partial charge is 0.132 e. The van der Waals surface area contributed by atoms with E-state index in [0.717, 1.165) is 4.48 Å². The van der Waals surface area contributed by atoms with Gasteiger partial charge in [0.1, 0.15) is 5.69 Å². The second kappa shape index (κ2) is 8.93. The molecule has 0 saturated carbocycles. The number of halogens is 1. The zero-order valence-corrected chi connectivity index (χ0v) is 19.3. The van der Waals surface area contributed by atoms with Crippen molar-refractivity contribution in [3.63, 3.8) is 0 Å². The summed E-state index contributed by atoms with van der Waals surface area (Å²) in [5, 5.41) is 0. The summed E-state index contributed by atoms with van der Waals surface area (Å²) in [6, 6.07) is 37.0. The van der Waals surface area contributed by atoms with Crippen molar-refractivity contribution in [3.05, 3.63) is 103 Å². The van der Waals surface area contributed by atoms with Crippen LogP contribution in [0.4, 0.5) is 5.69 Å². The highest BCUT2D eigenvalue weighted by molar-refractivity contribution is 5.77. The highest BCUT2D eigenvalue weighted by Crippen LogP contribution is 2.31. The summed E-state index contributed by atoms with van der Waals surface area (Å²) in [4.78, 5) is 0. The molecule has 0 aliphatic carbocycles. The molecule has 0 spiro atoms. The van der Waals surface area contributed by atoms with Gasteiger partial charge in [0.15, 0.2) is 0 Å². The van der Waals surface area contributed by atoms with Crippen molar-refractivity contribution in [2.75, 3.05) is 21.1 Å². The fourth-order valence-electron chi connectivity index (χ4n) is 3.49. The van der Waals surface area contributed by atoms with E-state index in [1.807, 2.05) is 0 Å². The van der Waals surface area contributed by atoms with Crippen LogP contribution in [-0.2, 0) is 0 Å². The van der Waals surface area contributed by atoms with E-state index in [9.17, 15) is 0 Å². The van der Waals surface area contributed by atoms with Gasteiger partial charge in [-0.05, 0) is 51.6 Å². The van der Waals surface area contributed by atoms with Gasteiger partial charge < -0.3 is 24.0 Å². The molecule has 0 heterocycles. The molecule has 2 heteroatoms. The summed E-state index contributed by atoms with van der Waals surface area (Å²) < 4.78 is 0.812. The minimum absolute atomic E-state index is 0. The Morgan fingerprint density at radius 2 is 0.793 bits per heavy atom. The first kappa shape index (κ1) is 21.3. The molecule has 0 unspecified atom stereocenters. The Morgan fingerprint density at radius 1 is 0.414 bits per heavy atom. The Bertz CT molecular complexity index is 1090. The van der Waals surface area contributed by atoms with E-state index in [2.05, 4.69) is 124 Å². The highest BCUT2D eigenvalue weighted by atomic mass is 127. The zero-order chi connectivity index (χ0) is 19.6. The van der Waals surface area contributed by atoms with Crippen LogP contribution in [0.3, 0.4) is 0 Å². The second-order valence-corrected chi connectivity index (χ2v) is 8.09. The normalized spacial score (nSPS) is 11.0. The number of rotatable bonds is 4. The number of quaternary nitrogens is 1. The molecule has 0 aliphatic heterocycles. The molecule has 1 nitrogen and oxygen atoms in total. The van der Waals surface area contributed by atoms with Crippen LogP contribution in [0.25, 0.3) is 33.4 Å². The van der Waals surface area contributed by atoms with Crippen LogP contribution in [0.5, 0.6) is 0 Å². The van der Waals surface area contributed by atoms with Gasteiger partial charge in [-0.1, -0.05) is 78.9 Å². The van der Waals surface area contributed by atoms with Gasteiger partial charge in [-0.15, -0.1) is 0 Å². The lowest BCUT2D eigenvalue weighted by Gasteiger charge is -2.23. The van der Waals surface area contributed by atoms with Crippen molar-refractivity contribution < 1.29 is 24.0 Å². The van der Waals surface area contributed by atoms with Crippen molar-refractivity contribution in [2.45, 2.75) is 0 Å². The standard InChI is InChI=1S/C27H26N.HI/c1-28(2,3)27-17-9-16-26(20-27)25-15-8-14-24(19-25)23-13-7-12-22(18-23)21-10-5-4-6-11-21;/h4-20H,1-3H3;1H/q+1;/p-1. The van der Waals surface area contributed by atoms with Crippen molar-refractivity contribution in [1.82, 2.24) is 4.48 Å². The molecule has 0 fully saturated rings. The lowest BCUT2D eigenvalue weighted by atomic mass is 9.96. The summed E-state index contributed by atoms with van der Waals surface area (Å²) in [7, 11) is 6.60. The molecule has 0 amide bonds. The van der Waals surface area contributed by atoms with E-state index >= 15 is 0 Å². The van der Waals surface area contributed by atoms with Crippen LogP contribution >= 0.6 is 0 Å². The first-order valence-electron chi connectivity index (χ1n) is 9.69. The van der Waals surface area contributed by atoms with Crippen LogP contribution in [-0.4, -0.2) is 21.1 Å². The minimum Gasteiger partial charge on any atom is -1.00 e. The van der Waals surface area contributed by atoms with Gasteiger partial charge in [0, 0.05) is 6.07 Å².